The molecule has 1 aliphatic heterocycles. The van der Waals surface area contributed by atoms with Crippen LogP contribution in [-0.4, -0.2) is 44.5 Å². The topological polar surface area (TPSA) is 41.6 Å². The molecule has 4 heteroatoms. The Morgan fingerprint density at radius 1 is 1.05 bits per heavy atom. The highest BCUT2D eigenvalue weighted by molar-refractivity contribution is 5.57. The lowest BCUT2D eigenvalue weighted by atomic mass is 9.89. The largest absolute Gasteiger partial charge is 0.305 e. The molecule has 4 nitrogen and oxygen atoms in total. The zero-order valence-electron chi connectivity index (χ0n) is 15.9. The molecule has 0 unspecified atom stereocenters. The fourth-order valence-corrected chi connectivity index (χ4v) is 2.70. The molecule has 0 aromatic carbocycles. The van der Waals surface area contributed by atoms with Gasteiger partial charge in [0.05, 0.1) is 13.2 Å². The van der Waals surface area contributed by atoms with Crippen molar-refractivity contribution in [3.63, 3.8) is 0 Å². The third kappa shape index (κ3) is 12.1. The molecule has 2 rings (SSSR count). The van der Waals surface area contributed by atoms with Gasteiger partial charge in [0.25, 0.3) is 0 Å². The molecule has 0 spiro atoms. The summed E-state index contributed by atoms with van der Waals surface area (Å²) in [5.41, 5.74) is 2.92. The van der Waals surface area contributed by atoms with E-state index in [1.165, 1.54) is 38.5 Å². The van der Waals surface area contributed by atoms with Crippen LogP contribution in [0, 0.1) is 5.92 Å². The van der Waals surface area contributed by atoms with Gasteiger partial charge >= 0.3 is 0 Å². The Morgan fingerprint density at radius 3 is 2.00 bits per heavy atom. The Hall–Kier alpha value is -0.450. The Balaban J connectivity index is 0. The van der Waals surface area contributed by atoms with E-state index in [4.69, 9.17) is 4.84 Å². The summed E-state index contributed by atoms with van der Waals surface area (Å²) in [6.45, 7) is 10.1. The molecule has 0 radical (unpaired) electrons. The minimum Gasteiger partial charge on any atom is -0.305 e. The molecule has 1 saturated carbocycles. The lowest BCUT2D eigenvalue weighted by Crippen LogP contribution is -2.25. The van der Waals surface area contributed by atoms with E-state index in [0.717, 1.165) is 31.7 Å². The summed E-state index contributed by atoms with van der Waals surface area (Å²) in [5.74, 6) is 0.869. The molecule has 1 atom stereocenters. The molecular formula is C18H40N2O2. The standard InChI is InChI=1S/C8H17NO.C6H11NO.2C2H6/c1-10-9-7-8-5-3-2-4-6-8;1-7-4-2-3-6(7)5-8;2*1-2/h8-9H,2-7H2,1H3;5-6H,2-4H2,1H3;2*1-2H3/t;6-;;/m.0../s1. The highest BCUT2D eigenvalue weighted by Crippen LogP contribution is 2.22. The smallest absolute Gasteiger partial charge is 0.137 e. The van der Waals surface area contributed by atoms with Crippen LogP contribution in [0.3, 0.4) is 0 Å². The number of rotatable bonds is 4. The number of nitrogens with zero attached hydrogens (tertiary/aromatic N) is 1. The van der Waals surface area contributed by atoms with E-state index >= 15 is 0 Å². The first-order valence-electron chi connectivity index (χ1n) is 9.19. The van der Waals surface area contributed by atoms with Crippen molar-refractivity contribution < 1.29 is 9.63 Å². The molecule has 0 aromatic heterocycles. The SMILES string of the molecule is CC.CC.CN1CCC[C@H]1C=O.CONCC1CCCCC1. The normalized spacial score (nSPS) is 21.5. The molecule has 1 aliphatic carbocycles. The van der Waals surface area contributed by atoms with Crippen LogP contribution in [0.1, 0.15) is 72.6 Å². The highest BCUT2D eigenvalue weighted by Gasteiger charge is 2.18. The molecule has 2 aliphatic rings. The van der Waals surface area contributed by atoms with Crippen LogP contribution in [0.4, 0.5) is 0 Å². The van der Waals surface area contributed by atoms with Crippen molar-refractivity contribution in [2.24, 2.45) is 5.92 Å². The van der Waals surface area contributed by atoms with Gasteiger partial charge in [-0.3, -0.25) is 4.90 Å². The lowest BCUT2D eigenvalue weighted by Gasteiger charge is -2.20. The average molecular weight is 317 g/mol. The number of likely N-dealkylation sites (tertiary alicyclic amines) is 1. The molecule has 1 heterocycles. The van der Waals surface area contributed by atoms with Crippen LogP contribution in [0.25, 0.3) is 0 Å². The van der Waals surface area contributed by atoms with E-state index in [1.807, 2.05) is 34.7 Å². The van der Waals surface area contributed by atoms with Gasteiger partial charge in [0, 0.05) is 6.54 Å². The fourth-order valence-electron chi connectivity index (χ4n) is 2.70. The number of likely N-dealkylation sites (N-methyl/N-ethyl adjacent to an activating group) is 1. The van der Waals surface area contributed by atoms with Crippen LogP contribution in [-0.2, 0) is 9.63 Å². The lowest BCUT2D eigenvalue weighted by molar-refractivity contribution is -0.111. The predicted molar refractivity (Wildman–Crippen MR) is 96.0 cm³/mol. The molecular weight excluding hydrogens is 276 g/mol. The van der Waals surface area contributed by atoms with Crippen molar-refractivity contribution in [2.45, 2.75) is 78.7 Å². The van der Waals surface area contributed by atoms with Crippen molar-refractivity contribution in [1.82, 2.24) is 10.4 Å². The van der Waals surface area contributed by atoms with Gasteiger partial charge in [-0.05, 0) is 45.2 Å². The van der Waals surface area contributed by atoms with Crippen molar-refractivity contribution in [2.75, 3.05) is 27.2 Å². The highest BCUT2D eigenvalue weighted by atomic mass is 16.6. The monoisotopic (exact) mass is 316 g/mol. The van der Waals surface area contributed by atoms with Crippen molar-refractivity contribution in [1.29, 1.82) is 0 Å². The van der Waals surface area contributed by atoms with Crippen LogP contribution in [0.5, 0.6) is 0 Å². The van der Waals surface area contributed by atoms with Crippen LogP contribution in [0.2, 0.25) is 0 Å². The summed E-state index contributed by atoms with van der Waals surface area (Å²) in [6.07, 6.45) is 10.3. The Bertz CT molecular complexity index is 219. The minimum absolute atomic E-state index is 0.218. The van der Waals surface area contributed by atoms with Crippen LogP contribution >= 0.6 is 0 Å². The molecule has 2 fully saturated rings. The zero-order chi connectivity index (χ0) is 17.2. The first kappa shape index (κ1) is 23.8. The Morgan fingerprint density at radius 2 is 1.64 bits per heavy atom. The Kier molecular flexibility index (Phi) is 20.1. The van der Waals surface area contributed by atoms with Gasteiger partial charge in [-0.2, -0.15) is 0 Å². The van der Waals surface area contributed by atoms with Crippen molar-refractivity contribution in [3.8, 4) is 0 Å². The minimum atomic E-state index is 0.218. The maximum atomic E-state index is 10.2. The van der Waals surface area contributed by atoms with Gasteiger partial charge in [0.2, 0.25) is 0 Å². The first-order valence-corrected chi connectivity index (χ1v) is 9.19. The van der Waals surface area contributed by atoms with Gasteiger partial charge in [-0.1, -0.05) is 47.0 Å². The maximum Gasteiger partial charge on any atom is 0.137 e. The number of carbonyl (C=O) groups excluding carboxylic acids is 1. The molecule has 1 saturated heterocycles. The molecule has 0 aromatic rings. The van der Waals surface area contributed by atoms with Gasteiger partial charge in [0.1, 0.15) is 6.29 Å². The van der Waals surface area contributed by atoms with E-state index in [2.05, 4.69) is 10.4 Å². The summed E-state index contributed by atoms with van der Waals surface area (Å²) in [4.78, 5) is 17.1. The van der Waals surface area contributed by atoms with Crippen LogP contribution < -0.4 is 5.48 Å². The van der Waals surface area contributed by atoms with Gasteiger partial charge in [0.15, 0.2) is 0 Å². The van der Waals surface area contributed by atoms with Gasteiger partial charge < -0.3 is 9.63 Å². The van der Waals surface area contributed by atoms with E-state index in [9.17, 15) is 4.79 Å². The second kappa shape index (κ2) is 18.6. The Labute approximate surface area is 138 Å². The molecule has 22 heavy (non-hydrogen) atoms. The number of nitrogens with one attached hydrogen (secondary N) is 1. The zero-order valence-corrected chi connectivity index (χ0v) is 15.9. The first-order chi connectivity index (χ1) is 10.8. The quantitative estimate of drug-likeness (QED) is 0.627. The second-order valence-electron chi connectivity index (χ2n) is 5.38. The van der Waals surface area contributed by atoms with Crippen molar-refractivity contribution in [3.05, 3.63) is 0 Å². The molecule has 0 bridgehead atoms. The number of hydroxylamine groups is 1. The van der Waals surface area contributed by atoms with E-state index in [1.54, 1.807) is 7.11 Å². The van der Waals surface area contributed by atoms with Gasteiger partial charge in [-0.25, -0.2) is 5.48 Å². The third-order valence-electron chi connectivity index (χ3n) is 3.98. The fraction of sp³-hybridized carbons (Fsp3) is 0.944. The second-order valence-corrected chi connectivity index (χ2v) is 5.38. The van der Waals surface area contributed by atoms with Crippen molar-refractivity contribution >= 4 is 6.29 Å². The number of hydrogen-bond acceptors (Lipinski definition) is 4. The summed E-state index contributed by atoms with van der Waals surface area (Å²) in [7, 11) is 3.68. The summed E-state index contributed by atoms with van der Waals surface area (Å²) < 4.78 is 0. The van der Waals surface area contributed by atoms with E-state index < -0.39 is 0 Å². The number of hydrogen-bond donors (Lipinski definition) is 1. The maximum absolute atomic E-state index is 10.2. The molecule has 134 valence electrons. The molecule has 0 amide bonds. The predicted octanol–water partition coefficient (Wildman–Crippen LogP) is 4.05. The third-order valence-corrected chi connectivity index (χ3v) is 3.98. The van der Waals surface area contributed by atoms with E-state index in [0.29, 0.717) is 0 Å². The van der Waals surface area contributed by atoms with Crippen LogP contribution in [0.15, 0.2) is 0 Å². The van der Waals surface area contributed by atoms with E-state index in [-0.39, 0.29) is 6.04 Å². The summed E-state index contributed by atoms with van der Waals surface area (Å²) >= 11 is 0. The number of carbonyl (C=O) groups is 1. The number of aldehydes is 1. The molecule has 1 N–H and O–H groups in total. The average Bonchev–Trinajstić information content (AvgIpc) is 3.03. The summed E-state index contributed by atoms with van der Waals surface area (Å²) in [6, 6.07) is 0.218. The van der Waals surface area contributed by atoms with Gasteiger partial charge in [-0.15, -0.1) is 0 Å². The summed E-state index contributed by atoms with van der Waals surface area (Å²) in [5, 5.41) is 0.